The molecule has 0 fully saturated rings. The van der Waals surface area contributed by atoms with Crippen LogP contribution in [0.4, 0.5) is 4.39 Å². The average molecular weight is 324 g/mol. The Bertz CT molecular complexity index is 1040. The molecule has 4 rings (SSSR count). The van der Waals surface area contributed by atoms with E-state index in [0.29, 0.717) is 23.9 Å². The molecule has 3 heterocycles. The summed E-state index contributed by atoms with van der Waals surface area (Å²) in [7, 11) is 0. The maximum atomic E-state index is 13.4. The van der Waals surface area contributed by atoms with Crippen molar-refractivity contribution in [3.05, 3.63) is 59.9 Å². The first-order valence-electron chi connectivity index (χ1n) is 7.43. The Labute approximate surface area is 135 Å². The molecule has 0 aliphatic heterocycles. The summed E-state index contributed by atoms with van der Waals surface area (Å²) < 4.78 is 15.2. The third-order valence-corrected chi connectivity index (χ3v) is 3.76. The molecule has 0 radical (unpaired) electrons. The molecule has 0 spiro atoms. The summed E-state index contributed by atoms with van der Waals surface area (Å²) in [5.41, 5.74) is 1.55. The second-order valence-corrected chi connectivity index (χ2v) is 5.31. The number of pyridine rings is 1. The summed E-state index contributed by atoms with van der Waals surface area (Å²) in [6, 6.07) is 9.80. The number of carbonyl (C=O) groups is 1. The Balaban J connectivity index is 1.47. The Kier molecular flexibility index (Phi) is 3.42. The molecular formula is C16H13FN6O. The number of benzene rings is 1. The van der Waals surface area contributed by atoms with Gasteiger partial charge in [-0.1, -0.05) is 6.07 Å². The second kappa shape index (κ2) is 5.73. The number of aromatic amines is 1. The van der Waals surface area contributed by atoms with Crippen LogP contribution in [-0.2, 0) is 6.42 Å². The van der Waals surface area contributed by atoms with Crippen molar-refractivity contribution in [3.63, 3.8) is 0 Å². The van der Waals surface area contributed by atoms with E-state index in [1.165, 1.54) is 12.1 Å². The van der Waals surface area contributed by atoms with Crippen LogP contribution in [0.25, 0.3) is 16.6 Å². The Morgan fingerprint density at radius 3 is 3.08 bits per heavy atom. The van der Waals surface area contributed by atoms with Gasteiger partial charge in [-0.05, 0) is 30.3 Å². The van der Waals surface area contributed by atoms with Crippen LogP contribution in [0.1, 0.15) is 16.3 Å². The quantitative estimate of drug-likeness (QED) is 0.598. The van der Waals surface area contributed by atoms with E-state index >= 15 is 0 Å². The highest BCUT2D eigenvalue weighted by atomic mass is 19.1. The number of nitrogens with zero attached hydrogens (tertiary/aromatic N) is 4. The van der Waals surface area contributed by atoms with Gasteiger partial charge in [0, 0.05) is 24.5 Å². The number of hydrogen-bond acceptors (Lipinski definition) is 4. The minimum Gasteiger partial charge on any atom is -0.350 e. The van der Waals surface area contributed by atoms with Crippen LogP contribution < -0.4 is 5.32 Å². The molecule has 0 atom stereocenters. The van der Waals surface area contributed by atoms with Gasteiger partial charge in [0.1, 0.15) is 11.6 Å². The second-order valence-electron chi connectivity index (χ2n) is 5.31. The van der Waals surface area contributed by atoms with Crippen molar-refractivity contribution in [2.75, 3.05) is 6.54 Å². The number of amides is 1. The fourth-order valence-electron chi connectivity index (χ4n) is 2.59. The molecule has 3 aromatic heterocycles. The summed E-state index contributed by atoms with van der Waals surface area (Å²) in [6.07, 6.45) is 2.39. The lowest BCUT2D eigenvalue weighted by molar-refractivity contribution is 0.0950. The van der Waals surface area contributed by atoms with Gasteiger partial charge < -0.3 is 5.32 Å². The zero-order chi connectivity index (χ0) is 16.5. The highest BCUT2D eigenvalue weighted by Gasteiger charge is 2.14. The summed E-state index contributed by atoms with van der Waals surface area (Å²) in [6.45, 7) is 0.373. The lowest BCUT2D eigenvalue weighted by Gasteiger charge is -2.03. The number of H-pyrrole nitrogens is 1. The molecule has 0 aliphatic carbocycles. The molecular weight excluding hydrogens is 311 g/mol. The Hall–Kier alpha value is -3.29. The number of carbonyl (C=O) groups excluding carboxylic acids is 1. The monoisotopic (exact) mass is 324 g/mol. The first-order chi connectivity index (χ1) is 11.7. The molecule has 4 aromatic rings. The molecule has 0 unspecified atom stereocenters. The van der Waals surface area contributed by atoms with Crippen LogP contribution in [-0.4, -0.2) is 37.2 Å². The third-order valence-electron chi connectivity index (χ3n) is 3.76. The average Bonchev–Trinajstić information content (AvgIpc) is 3.19. The van der Waals surface area contributed by atoms with Crippen molar-refractivity contribution in [1.82, 2.24) is 30.1 Å². The lowest BCUT2D eigenvalue weighted by Crippen LogP contribution is -2.26. The van der Waals surface area contributed by atoms with E-state index in [1.54, 1.807) is 6.07 Å². The van der Waals surface area contributed by atoms with Gasteiger partial charge in [0.15, 0.2) is 11.3 Å². The van der Waals surface area contributed by atoms with Gasteiger partial charge in [0.2, 0.25) is 0 Å². The van der Waals surface area contributed by atoms with E-state index in [0.717, 1.165) is 11.5 Å². The van der Waals surface area contributed by atoms with Crippen LogP contribution in [0, 0.1) is 5.82 Å². The highest BCUT2D eigenvalue weighted by Crippen LogP contribution is 2.17. The number of halogens is 1. The topological polar surface area (TPSA) is 88.0 Å². The molecule has 0 saturated heterocycles. The predicted octanol–water partition coefficient (Wildman–Crippen LogP) is 1.72. The van der Waals surface area contributed by atoms with E-state index in [2.05, 4.69) is 25.7 Å². The van der Waals surface area contributed by atoms with Gasteiger partial charge >= 0.3 is 0 Å². The largest absolute Gasteiger partial charge is 0.350 e. The standard InChI is InChI=1S/C16H13FN6O/c17-10-4-5-12-11(9-10)15(22-19-12)16(24)18-7-6-14-21-20-13-3-1-2-8-23(13)14/h1-5,8-9H,6-7H2,(H,18,24)(H,19,22). The first-order valence-corrected chi connectivity index (χ1v) is 7.43. The van der Waals surface area contributed by atoms with E-state index in [4.69, 9.17) is 0 Å². The molecule has 24 heavy (non-hydrogen) atoms. The van der Waals surface area contributed by atoms with Crippen molar-refractivity contribution in [1.29, 1.82) is 0 Å². The number of hydrogen-bond donors (Lipinski definition) is 2. The van der Waals surface area contributed by atoms with Crippen LogP contribution in [0.15, 0.2) is 42.6 Å². The molecule has 0 aliphatic rings. The van der Waals surface area contributed by atoms with Gasteiger partial charge in [0.25, 0.3) is 5.91 Å². The van der Waals surface area contributed by atoms with E-state index in [1.807, 2.05) is 28.8 Å². The minimum absolute atomic E-state index is 0.176. The molecule has 1 amide bonds. The number of rotatable bonds is 4. The number of aromatic nitrogens is 5. The van der Waals surface area contributed by atoms with E-state index in [-0.39, 0.29) is 11.6 Å². The number of nitrogens with one attached hydrogen (secondary N) is 2. The predicted molar refractivity (Wildman–Crippen MR) is 85.1 cm³/mol. The summed E-state index contributed by atoms with van der Waals surface area (Å²) in [5.74, 6) is -0.0163. The van der Waals surface area contributed by atoms with Crippen molar-refractivity contribution < 1.29 is 9.18 Å². The number of fused-ring (bicyclic) bond motifs is 2. The zero-order valence-electron chi connectivity index (χ0n) is 12.5. The van der Waals surface area contributed by atoms with Crippen LogP contribution >= 0.6 is 0 Å². The molecule has 0 bridgehead atoms. The zero-order valence-corrected chi connectivity index (χ0v) is 12.5. The van der Waals surface area contributed by atoms with Gasteiger partial charge in [-0.3, -0.25) is 14.3 Å². The lowest BCUT2D eigenvalue weighted by atomic mass is 10.2. The maximum Gasteiger partial charge on any atom is 0.272 e. The molecule has 2 N–H and O–H groups in total. The molecule has 1 aromatic carbocycles. The molecule has 120 valence electrons. The summed E-state index contributed by atoms with van der Waals surface area (Å²) in [5, 5.41) is 18.1. The van der Waals surface area contributed by atoms with Gasteiger partial charge in [0.05, 0.1) is 5.52 Å². The maximum absolute atomic E-state index is 13.4. The smallest absolute Gasteiger partial charge is 0.272 e. The van der Waals surface area contributed by atoms with Crippen molar-refractivity contribution >= 4 is 22.5 Å². The van der Waals surface area contributed by atoms with E-state index < -0.39 is 5.82 Å². The Morgan fingerprint density at radius 1 is 1.25 bits per heavy atom. The first kappa shape index (κ1) is 14.3. The molecule has 8 heteroatoms. The fraction of sp³-hybridized carbons (Fsp3) is 0.125. The SMILES string of the molecule is O=C(NCCc1nnc2ccccn12)c1n[nH]c2ccc(F)cc12. The van der Waals surface area contributed by atoms with E-state index in [9.17, 15) is 9.18 Å². The highest BCUT2D eigenvalue weighted by molar-refractivity contribution is 6.04. The summed E-state index contributed by atoms with van der Waals surface area (Å²) >= 11 is 0. The Morgan fingerprint density at radius 2 is 2.17 bits per heavy atom. The minimum atomic E-state index is -0.409. The van der Waals surface area contributed by atoms with Crippen molar-refractivity contribution in [2.45, 2.75) is 6.42 Å². The normalized spacial score (nSPS) is 11.2. The molecule has 0 saturated carbocycles. The van der Waals surface area contributed by atoms with Crippen LogP contribution in [0.5, 0.6) is 0 Å². The van der Waals surface area contributed by atoms with Crippen LogP contribution in [0.3, 0.4) is 0 Å². The summed E-state index contributed by atoms with van der Waals surface area (Å²) in [4.78, 5) is 12.3. The van der Waals surface area contributed by atoms with Crippen molar-refractivity contribution in [3.8, 4) is 0 Å². The van der Waals surface area contributed by atoms with Gasteiger partial charge in [-0.2, -0.15) is 5.10 Å². The fourth-order valence-corrected chi connectivity index (χ4v) is 2.59. The third kappa shape index (κ3) is 2.47. The molecule has 7 nitrogen and oxygen atoms in total. The van der Waals surface area contributed by atoms with Gasteiger partial charge in [-0.15, -0.1) is 10.2 Å². The van der Waals surface area contributed by atoms with Crippen LogP contribution in [0.2, 0.25) is 0 Å². The van der Waals surface area contributed by atoms with Gasteiger partial charge in [-0.25, -0.2) is 4.39 Å². The van der Waals surface area contributed by atoms with Crippen molar-refractivity contribution in [2.24, 2.45) is 0 Å².